The van der Waals surface area contributed by atoms with Crippen molar-refractivity contribution >= 4 is 17.7 Å². The third kappa shape index (κ3) is 1.68. The summed E-state index contributed by atoms with van der Waals surface area (Å²) in [6, 6.07) is 5.49. The topological polar surface area (TPSA) is 72.5 Å². The fourth-order valence-electron chi connectivity index (χ4n) is 1.54. The summed E-state index contributed by atoms with van der Waals surface area (Å²) in [6.07, 6.45) is 0.353. The van der Waals surface area contributed by atoms with Crippen molar-refractivity contribution in [1.29, 1.82) is 0 Å². The predicted molar refractivity (Wildman–Crippen MR) is 57.1 cm³/mol. The minimum atomic E-state index is -1.23. The van der Waals surface area contributed by atoms with E-state index in [0.717, 1.165) is 16.2 Å². The molecular weight excluding hydrogens is 214 g/mol. The lowest BCUT2D eigenvalue weighted by Gasteiger charge is -2.15. The molecule has 0 aromatic heterocycles. The average molecular weight is 225 g/mol. The quantitative estimate of drug-likeness (QED) is 0.788. The highest BCUT2D eigenvalue weighted by Crippen LogP contribution is 2.43. The van der Waals surface area contributed by atoms with Gasteiger partial charge in [-0.05, 0) is 17.7 Å². The van der Waals surface area contributed by atoms with Gasteiger partial charge in [0.05, 0.1) is 7.11 Å². The number of carboxylic acid groups (broad SMARTS) is 1. The van der Waals surface area contributed by atoms with Gasteiger partial charge in [-0.3, -0.25) is 0 Å². The fourth-order valence-corrected chi connectivity index (χ4v) is 2.69. The molecule has 0 amide bonds. The molecule has 0 saturated heterocycles. The Hall–Kier alpha value is -1.20. The van der Waals surface area contributed by atoms with E-state index in [1.165, 1.54) is 11.8 Å². The summed E-state index contributed by atoms with van der Waals surface area (Å²) in [7, 11) is 1.58. The van der Waals surface area contributed by atoms with Crippen molar-refractivity contribution in [2.45, 2.75) is 16.2 Å². The number of thioether (sulfide) groups is 1. The van der Waals surface area contributed by atoms with Crippen LogP contribution in [0.15, 0.2) is 23.1 Å². The molecule has 0 bridgehead atoms. The van der Waals surface area contributed by atoms with Crippen LogP contribution in [0.4, 0.5) is 0 Å². The Morgan fingerprint density at radius 3 is 3.00 bits per heavy atom. The fraction of sp³-hybridized carbons (Fsp3) is 0.300. The van der Waals surface area contributed by atoms with E-state index < -0.39 is 10.8 Å². The first kappa shape index (κ1) is 10.3. The van der Waals surface area contributed by atoms with E-state index in [9.17, 15) is 4.79 Å². The highest BCUT2D eigenvalue weighted by Gasteiger charge is 2.41. The molecule has 1 heterocycles. The van der Waals surface area contributed by atoms with Crippen LogP contribution in [-0.2, 0) is 11.2 Å². The first-order valence-corrected chi connectivity index (χ1v) is 5.25. The van der Waals surface area contributed by atoms with Gasteiger partial charge < -0.3 is 15.6 Å². The monoisotopic (exact) mass is 225 g/mol. The van der Waals surface area contributed by atoms with Crippen LogP contribution in [0.1, 0.15) is 5.56 Å². The Bertz CT molecular complexity index is 421. The molecule has 0 spiro atoms. The molecule has 0 fully saturated rings. The number of methoxy groups -OCH3 is 1. The maximum atomic E-state index is 11.0. The van der Waals surface area contributed by atoms with Crippen molar-refractivity contribution in [2.75, 3.05) is 7.11 Å². The summed E-state index contributed by atoms with van der Waals surface area (Å²) >= 11 is 1.17. The van der Waals surface area contributed by atoms with Crippen molar-refractivity contribution < 1.29 is 14.6 Å². The van der Waals surface area contributed by atoms with Gasteiger partial charge in [-0.1, -0.05) is 17.8 Å². The van der Waals surface area contributed by atoms with Crippen molar-refractivity contribution in [3.63, 3.8) is 0 Å². The van der Waals surface area contributed by atoms with E-state index in [4.69, 9.17) is 15.6 Å². The number of nitrogens with two attached hydrogens (primary N) is 1. The predicted octanol–water partition coefficient (Wildman–Crippen LogP) is 1.08. The standard InChI is InChI=1S/C10H11NO3S/c1-14-7-3-2-6-5-10(11,9(12)13)15-8(6)4-7/h2-4H,5,11H2,1H3,(H,12,13). The van der Waals surface area contributed by atoms with E-state index in [0.29, 0.717) is 6.42 Å². The highest BCUT2D eigenvalue weighted by molar-refractivity contribution is 8.01. The van der Waals surface area contributed by atoms with E-state index in [1.54, 1.807) is 7.11 Å². The molecule has 2 rings (SSSR count). The molecule has 1 aliphatic heterocycles. The van der Waals surface area contributed by atoms with Gasteiger partial charge in [0.25, 0.3) is 0 Å². The van der Waals surface area contributed by atoms with Crippen LogP contribution in [0.5, 0.6) is 5.75 Å². The first-order valence-electron chi connectivity index (χ1n) is 4.43. The van der Waals surface area contributed by atoms with E-state index in [1.807, 2.05) is 18.2 Å². The van der Waals surface area contributed by atoms with Gasteiger partial charge in [0.2, 0.25) is 0 Å². The van der Waals surface area contributed by atoms with Crippen LogP contribution < -0.4 is 10.5 Å². The Labute approximate surface area is 91.4 Å². The molecule has 0 radical (unpaired) electrons. The molecule has 15 heavy (non-hydrogen) atoms. The molecule has 0 aliphatic carbocycles. The number of hydrogen-bond acceptors (Lipinski definition) is 4. The smallest absolute Gasteiger partial charge is 0.334 e. The number of ether oxygens (including phenoxy) is 1. The third-order valence-corrected chi connectivity index (χ3v) is 3.66. The lowest BCUT2D eigenvalue weighted by Crippen LogP contribution is -2.44. The lowest BCUT2D eigenvalue weighted by molar-refractivity contribution is -0.139. The van der Waals surface area contributed by atoms with Gasteiger partial charge in [0.1, 0.15) is 5.75 Å². The van der Waals surface area contributed by atoms with Crippen LogP contribution in [0, 0.1) is 0 Å². The molecular formula is C10H11NO3S. The molecule has 1 atom stereocenters. The summed E-state index contributed by atoms with van der Waals surface area (Å²) in [5.74, 6) is -0.265. The summed E-state index contributed by atoms with van der Waals surface area (Å²) < 4.78 is 5.07. The van der Waals surface area contributed by atoms with E-state index in [2.05, 4.69) is 0 Å². The zero-order valence-corrected chi connectivity index (χ0v) is 9.00. The maximum absolute atomic E-state index is 11.0. The second kappa shape index (κ2) is 3.43. The Balaban J connectivity index is 2.35. The molecule has 3 N–H and O–H groups in total. The number of fused-ring (bicyclic) bond motifs is 1. The van der Waals surface area contributed by atoms with Gasteiger partial charge in [0, 0.05) is 11.3 Å². The average Bonchev–Trinajstić information content (AvgIpc) is 2.54. The normalized spacial score (nSPS) is 23.6. The van der Waals surface area contributed by atoms with Crippen LogP contribution >= 0.6 is 11.8 Å². The van der Waals surface area contributed by atoms with Crippen LogP contribution in [0.3, 0.4) is 0 Å². The molecule has 80 valence electrons. The Morgan fingerprint density at radius 1 is 1.67 bits per heavy atom. The molecule has 5 heteroatoms. The number of benzene rings is 1. The van der Waals surface area contributed by atoms with Gasteiger partial charge in [-0.2, -0.15) is 0 Å². The zero-order valence-electron chi connectivity index (χ0n) is 8.19. The van der Waals surface area contributed by atoms with Crippen molar-refractivity contribution in [3.8, 4) is 5.75 Å². The molecule has 1 aliphatic rings. The summed E-state index contributed by atoms with van der Waals surface area (Å²) in [5.41, 5.74) is 6.73. The molecule has 0 saturated carbocycles. The van der Waals surface area contributed by atoms with Crippen molar-refractivity contribution in [1.82, 2.24) is 0 Å². The van der Waals surface area contributed by atoms with E-state index >= 15 is 0 Å². The zero-order chi connectivity index (χ0) is 11.1. The summed E-state index contributed by atoms with van der Waals surface area (Å²) in [6.45, 7) is 0. The van der Waals surface area contributed by atoms with Crippen LogP contribution in [0.2, 0.25) is 0 Å². The number of rotatable bonds is 2. The molecule has 1 aromatic rings. The number of carbonyl (C=O) groups is 1. The largest absolute Gasteiger partial charge is 0.497 e. The minimum Gasteiger partial charge on any atom is -0.497 e. The highest BCUT2D eigenvalue weighted by atomic mass is 32.2. The van der Waals surface area contributed by atoms with Crippen LogP contribution in [-0.4, -0.2) is 23.1 Å². The Morgan fingerprint density at radius 2 is 2.40 bits per heavy atom. The van der Waals surface area contributed by atoms with E-state index in [-0.39, 0.29) is 0 Å². The third-order valence-electron chi connectivity index (χ3n) is 2.38. The summed E-state index contributed by atoms with van der Waals surface area (Å²) in [5, 5.41) is 8.99. The molecule has 1 aromatic carbocycles. The second-order valence-electron chi connectivity index (χ2n) is 3.45. The molecule has 4 nitrogen and oxygen atoms in total. The number of carboxylic acids is 1. The van der Waals surface area contributed by atoms with Crippen LogP contribution in [0.25, 0.3) is 0 Å². The van der Waals surface area contributed by atoms with Gasteiger partial charge in [-0.25, -0.2) is 4.79 Å². The van der Waals surface area contributed by atoms with Gasteiger partial charge in [0.15, 0.2) is 4.87 Å². The Kier molecular flexibility index (Phi) is 2.36. The number of hydrogen-bond donors (Lipinski definition) is 2. The minimum absolute atomic E-state index is 0.353. The molecule has 1 unspecified atom stereocenters. The lowest BCUT2D eigenvalue weighted by atomic mass is 10.1. The maximum Gasteiger partial charge on any atom is 0.334 e. The number of aliphatic carboxylic acids is 1. The van der Waals surface area contributed by atoms with Crippen molar-refractivity contribution in [2.24, 2.45) is 5.73 Å². The first-order chi connectivity index (χ1) is 7.05. The SMILES string of the molecule is COc1ccc2c(c1)SC(N)(C(=O)O)C2. The summed E-state index contributed by atoms with van der Waals surface area (Å²) in [4.78, 5) is 10.6. The van der Waals surface area contributed by atoms with Gasteiger partial charge in [-0.15, -0.1) is 0 Å². The second-order valence-corrected chi connectivity index (χ2v) is 4.82. The van der Waals surface area contributed by atoms with Crippen molar-refractivity contribution in [3.05, 3.63) is 23.8 Å². The van der Waals surface area contributed by atoms with Gasteiger partial charge >= 0.3 is 5.97 Å².